The number of benzene rings is 1. The van der Waals surface area contributed by atoms with Gasteiger partial charge in [-0.15, -0.1) is 0 Å². The third kappa shape index (κ3) is 4.43. The maximum absolute atomic E-state index is 5.09. The van der Waals surface area contributed by atoms with Gasteiger partial charge in [0, 0.05) is 61.9 Å². The molecule has 9 heteroatoms. The van der Waals surface area contributed by atoms with Crippen LogP contribution in [0.15, 0.2) is 100 Å². The molecule has 6 rings (SSSR count). The minimum Gasteiger partial charge on any atom is -0.379 e. The number of anilines is 1. The van der Waals surface area contributed by atoms with E-state index >= 15 is 0 Å². The number of nitrogens with zero attached hydrogens (tertiary/aromatic N) is 6. The van der Waals surface area contributed by atoms with Gasteiger partial charge in [-0.2, -0.15) is 0 Å². The van der Waals surface area contributed by atoms with Crippen LogP contribution < -0.4 is 16.1 Å². The average Bonchev–Trinajstić information content (AvgIpc) is 3.60. The van der Waals surface area contributed by atoms with Crippen molar-refractivity contribution in [2.75, 3.05) is 45.1 Å². The fraction of sp³-hybridized carbons (Fsp3) is 0.269. The molecule has 0 bridgehead atoms. The summed E-state index contributed by atoms with van der Waals surface area (Å²) in [5.74, 6) is 0.911. The molecular weight excluding hydrogens is 438 g/mol. The first-order chi connectivity index (χ1) is 17.2. The number of aliphatic imine (C=N–C) groups is 2. The lowest BCUT2D eigenvalue weighted by Gasteiger charge is -2.33. The Balaban J connectivity index is 1.27. The Hall–Kier alpha value is -3.95. The molecule has 35 heavy (non-hydrogen) atoms. The van der Waals surface area contributed by atoms with Crippen molar-refractivity contribution in [1.29, 1.82) is 0 Å². The van der Waals surface area contributed by atoms with Crippen LogP contribution in [0.1, 0.15) is 6.42 Å². The lowest BCUT2D eigenvalue weighted by Crippen LogP contribution is -2.41. The van der Waals surface area contributed by atoms with Crippen LogP contribution in [0, 0.1) is 0 Å². The number of hydrogen-bond donors (Lipinski definition) is 3. The van der Waals surface area contributed by atoms with Gasteiger partial charge in [-0.3, -0.25) is 9.89 Å². The maximum atomic E-state index is 5.09. The summed E-state index contributed by atoms with van der Waals surface area (Å²) < 4.78 is 1.99. The third-order valence-corrected chi connectivity index (χ3v) is 6.46. The molecule has 0 unspecified atom stereocenters. The molecule has 3 N–H and O–H groups in total. The molecule has 1 aromatic carbocycles. The molecule has 0 saturated carbocycles. The minimum absolute atomic E-state index is 0.586. The number of fused-ring (bicyclic) bond motifs is 1. The Morgan fingerprint density at radius 3 is 2.71 bits per heavy atom. The first-order valence-corrected chi connectivity index (χ1v) is 12.0. The van der Waals surface area contributed by atoms with Crippen molar-refractivity contribution in [2.24, 2.45) is 9.98 Å². The predicted octanol–water partition coefficient (Wildman–Crippen LogP) is 2.43. The van der Waals surface area contributed by atoms with Crippen LogP contribution >= 0.6 is 0 Å². The largest absolute Gasteiger partial charge is 0.379 e. The summed E-state index contributed by atoms with van der Waals surface area (Å²) in [6.07, 6.45) is 15.3. The van der Waals surface area contributed by atoms with Crippen LogP contribution in [0.5, 0.6) is 0 Å². The normalized spacial score (nSPS) is 19.8. The number of imidazole rings is 1. The lowest BCUT2D eigenvalue weighted by molar-refractivity contribution is 0.373. The van der Waals surface area contributed by atoms with E-state index in [0.29, 0.717) is 13.1 Å². The van der Waals surface area contributed by atoms with Gasteiger partial charge in [-0.1, -0.05) is 6.08 Å². The summed E-state index contributed by atoms with van der Waals surface area (Å²) in [6, 6.07) is 8.33. The van der Waals surface area contributed by atoms with E-state index in [1.165, 1.54) is 16.8 Å². The molecule has 9 nitrogen and oxygen atoms in total. The van der Waals surface area contributed by atoms with Crippen LogP contribution in [0.4, 0.5) is 5.69 Å². The van der Waals surface area contributed by atoms with E-state index in [1.807, 2.05) is 22.8 Å². The lowest BCUT2D eigenvalue weighted by atomic mass is 10.0. The first kappa shape index (κ1) is 21.6. The SMILES string of the molecule is CN1C=C(C2=CCN=C3C(CNc4ccc(-n5ccnc5)cc4)=NC(C4=CCCNC4)=CN23)CN1. The fourth-order valence-corrected chi connectivity index (χ4v) is 4.65. The number of hydrogen-bond acceptors (Lipinski definition) is 8. The van der Waals surface area contributed by atoms with Gasteiger partial charge in [-0.25, -0.2) is 15.4 Å². The molecule has 4 aliphatic rings. The van der Waals surface area contributed by atoms with Crippen LogP contribution in [-0.2, 0) is 0 Å². The van der Waals surface area contributed by atoms with Crippen molar-refractivity contribution in [3.05, 3.63) is 90.1 Å². The first-order valence-electron chi connectivity index (χ1n) is 12.0. The van der Waals surface area contributed by atoms with E-state index in [1.54, 1.807) is 12.5 Å². The fourth-order valence-electron chi connectivity index (χ4n) is 4.65. The van der Waals surface area contributed by atoms with Crippen molar-refractivity contribution in [3.63, 3.8) is 0 Å². The summed E-state index contributed by atoms with van der Waals surface area (Å²) in [7, 11) is 2.02. The zero-order chi connectivity index (χ0) is 23.6. The molecule has 178 valence electrons. The monoisotopic (exact) mass is 467 g/mol. The highest BCUT2D eigenvalue weighted by Crippen LogP contribution is 2.29. The van der Waals surface area contributed by atoms with Crippen LogP contribution in [-0.4, -0.2) is 70.8 Å². The standard InChI is InChI=1S/C26H29N9/c1-33-16-20(14-31-33)25-8-10-29-26-23(32-24(17-35(25)26)19-3-2-9-27-13-19)15-30-21-4-6-22(7-5-21)34-12-11-28-18-34/h3-8,11-12,16-18,27,30-31H,2,9-10,13-15H2,1H3. The molecular formula is C26H29N9. The topological polar surface area (TPSA) is 85.1 Å². The predicted molar refractivity (Wildman–Crippen MR) is 139 cm³/mol. The number of hydrazine groups is 1. The van der Waals surface area contributed by atoms with E-state index in [9.17, 15) is 0 Å². The second-order valence-electron chi connectivity index (χ2n) is 8.86. The maximum Gasteiger partial charge on any atom is 0.156 e. The van der Waals surface area contributed by atoms with Gasteiger partial charge in [0.1, 0.15) is 5.71 Å². The number of nitrogens with one attached hydrogen (secondary N) is 3. The zero-order valence-electron chi connectivity index (χ0n) is 19.8. The number of rotatable bonds is 6. The second kappa shape index (κ2) is 9.36. The van der Waals surface area contributed by atoms with Crippen molar-refractivity contribution in [1.82, 2.24) is 30.2 Å². The Kier molecular flexibility index (Phi) is 5.77. The molecule has 4 aliphatic heterocycles. The molecule has 2 aromatic rings. The summed E-state index contributed by atoms with van der Waals surface area (Å²) in [5.41, 5.74) is 11.1. The highest BCUT2D eigenvalue weighted by atomic mass is 15.5. The molecule has 0 saturated heterocycles. The molecule has 1 aromatic heterocycles. The van der Waals surface area contributed by atoms with Gasteiger partial charge < -0.3 is 20.2 Å². The van der Waals surface area contributed by atoms with E-state index in [0.717, 1.165) is 54.7 Å². The molecule has 0 amide bonds. The van der Waals surface area contributed by atoms with Crippen LogP contribution in [0.2, 0.25) is 0 Å². The van der Waals surface area contributed by atoms with Crippen LogP contribution in [0.25, 0.3) is 5.69 Å². The molecule has 0 aliphatic carbocycles. The smallest absolute Gasteiger partial charge is 0.156 e. The molecule has 0 atom stereocenters. The Bertz CT molecular complexity index is 1280. The average molecular weight is 468 g/mol. The third-order valence-electron chi connectivity index (χ3n) is 6.46. The highest BCUT2D eigenvalue weighted by Gasteiger charge is 2.30. The van der Waals surface area contributed by atoms with Crippen molar-refractivity contribution in [2.45, 2.75) is 6.42 Å². The van der Waals surface area contributed by atoms with Gasteiger partial charge in [-0.05, 0) is 48.9 Å². The van der Waals surface area contributed by atoms with E-state index in [-0.39, 0.29) is 0 Å². The van der Waals surface area contributed by atoms with E-state index < -0.39 is 0 Å². The number of amidine groups is 1. The molecule has 0 spiro atoms. The summed E-state index contributed by atoms with van der Waals surface area (Å²) in [6.45, 7) is 3.87. The van der Waals surface area contributed by atoms with Crippen molar-refractivity contribution < 1.29 is 0 Å². The van der Waals surface area contributed by atoms with Gasteiger partial charge >= 0.3 is 0 Å². The molecule has 5 heterocycles. The number of aromatic nitrogens is 2. The molecule has 0 radical (unpaired) electrons. The Morgan fingerprint density at radius 2 is 1.97 bits per heavy atom. The zero-order valence-corrected chi connectivity index (χ0v) is 19.8. The van der Waals surface area contributed by atoms with Crippen molar-refractivity contribution >= 4 is 17.2 Å². The second-order valence-corrected chi connectivity index (χ2v) is 8.86. The minimum atomic E-state index is 0.586. The van der Waals surface area contributed by atoms with E-state index in [4.69, 9.17) is 9.98 Å². The van der Waals surface area contributed by atoms with Gasteiger partial charge in [0.15, 0.2) is 5.84 Å². The van der Waals surface area contributed by atoms with Gasteiger partial charge in [0.05, 0.1) is 30.8 Å². The summed E-state index contributed by atoms with van der Waals surface area (Å²) >= 11 is 0. The quantitative estimate of drug-likeness (QED) is 0.605. The van der Waals surface area contributed by atoms with Gasteiger partial charge in [0.2, 0.25) is 0 Å². The molecule has 0 fully saturated rings. The van der Waals surface area contributed by atoms with Gasteiger partial charge in [0.25, 0.3) is 0 Å². The summed E-state index contributed by atoms with van der Waals surface area (Å²) in [4.78, 5) is 16.3. The Morgan fingerprint density at radius 1 is 1.06 bits per heavy atom. The van der Waals surface area contributed by atoms with E-state index in [2.05, 4.69) is 74.8 Å². The summed E-state index contributed by atoms with van der Waals surface area (Å²) in [5, 5.41) is 9.04. The van der Waals surface area contributed by atoms with Crippen molar-refractivity contribution in [3.8, 4) is 5.69 Å². The highest BCUT2D eigenvalue weighted by molar-refractivity contribution is 6.44. The Labute approximate surface area is 204 Å². The van der Waals surface area contributed by atoms with Crippen LogP contribution in [0.3, 0.4) is 0 Å².